The Morgan fingerprint density at radius 3 is 2.81 bits per heavy atom. The molecule has 1 fully saturated rings. The smallest absolute Gasteiger partial charge is 0.0836 e. The Morgan fingerprint density at radius 2 is 2.19 bits per heavy atom. The molecule has 0 bridgehead atoms. The number of halogens is 2. The van der Waals surface area contributed by atoms with Gasteiger partial charge in [-0.15, -0.1) is 0 Å². The van der Waals surface area contributed by atoms with Gasteiger partial charge in [0.1, 0.15) is 0 Å². The average molecular weight is 330 g/mol. The predicted molar refractivity (Wildman–Crippen MR) is 90.4 cm³/mol. The van der Waals surface area contributed by atoms with Gasteiger partial charge in [-0.05, 0) is 56.0 Å². The molecule has 4 heteroatoms. The van der Waals surface area contributed by atoms with Gasteiger partial charge in [0.2, 0.25) is 0 Å². The van der Waals surface area contributed by atoms with Crippen molar-refractivity contribution < 1.29 is 4.74 Å². The first-order chi connectivity index (χ1) is 10.0. The summed E-state index contributed by atoms with van der Waals surface area (Å²) in [6, 6.07) is 5.90. The second-order valence-electron chi connectivity index (χ2n) is 6.25. The van der Waals surface area contributed by atoms with Gasteiger partial charge in [0.15, 0.2) is 0 Å². The topological polar surface area (TPSA) is 21.3 Å². The monoisotopic (exact) mass is 329 g/mol. The van der Waals surface area contributed by atoms with Crippen LogP contribution in [0.1, 0.15) is 38.2 Å². The summed E-state index contributed by atoms with van der Waals surface area (Å²) in [6.07, 6.45) is 5.52. The molecule has 1 saturated carbocycles. The van der Waals surface area contributed by atoms with E-state index in [-0.39, 0.29) is 11.6 Å². The molecule has 0 radical (unpaired) electrons. The Hall–Kier alpha value is -0.280. The van der Waals surface area contributed by atoms with Crippen LogP contribution in [-0.4, -0.2) is 25.8 Å². The highest BCUT2D eigenvalue weighted by atomic mass is 35.5. The molecule has 0 saturated heterocycles. The Bertz CT molecular complexity index is 480. The summed E-state index contributed by atoms with van der Waals surface area (Å²) < 4.78 is 6.01. The van der Waals surface area contributed by atoms with Crippen LogP contribution in [0.2, 0.25) is 10.0 Å². The fourth-order valence-electron chi connectivity index (χ4n) is 3.66. The summed E-state index contributed by atoms with van der Waals surface area (Å²) in [4.78, 5) is 0. The van der Waals surface area contributed by atoms with Gasteiger partial charge in [-0.25, -0.2) is 0 Å². The number of benzene rings is 1. The minimum Gasteiger partial charge on any atom is -0.377 e. The lowest BCUT2D eigenvalue weighted by atomic mass is 9.73. The van der Waals surface area contributed by atoms with Crippen LogP contribution in [0.4, 0.5) is 0 Å². The van der Waals surface area contributed by atoms with Crippen molar-refractivity contribution in [2.24, 2.45) is 5.92 Å². The molecule has 2 rings (SSSR count). The van der Waals surface area contributed by atoms with Gasteiger partial charge < -0.3 is 10.1 Å². The van der Waals surface area contributed by atoms with Crippen LogP contribution in [0.25, 0.3) is 0 Å². The third-order valence-corrected chi connectivity index (χ3v) is 5.42. The van der Waals surface area contributed by atoms with Crippen LogP contribution in [0.5, 0.6) is 0 Å². The number of hydrogen-bond donors (Lipinski definition) is 1. The Morgan fingerprint density at radius 1 is 1.43 bits per heavy atom. The SMILES string of the molecule is CNC(Cc1cc(Cl)ccc1Cl)C1(OC)CCCC(C)C1. The molecule has 1 aliphatic rings. The molecule has 0 amide bonds. The van der Waals surface area contributed by atoms with Crippen molar-refractivity contribution in [2.45, 2.75) is 50.7 Å². The zero-order valence-corrected chi connectivity index (χ0v) is 14.6. The van der Waals surface area contributed by atoms with Crippen molar-refractivity contribution in [1.82, 2.24) is 5.32 Å². The Balaban J connectivity index is 2.23. The maximum Gasteiger partial charge on any atom is 0.0836 e. The number of ether oxygens (including phenoxy) is 1. The van der Waals surface area contributed by atoms with Crippen molar-refractivity contribution in [3.05, 3.63) is 33.8 Å². The van der Waals surface area contributed by atoms with Gasteiger partial charge in [-0.2, -0.15) is 0 Å². The van der Waals surface area contributed by atoms with E-state index in [2.05, 4.69) is 12.2 Å². The first-order valence-corrected chi connectivity index (χ1v) is 8.42. The van der Waals surface area contributed by atoms with E-state index in [4.69, 9.17) is 27.9 Å². The van der Waals surface area contributed by atoms with E-state index < -0.39 is 0 Å². The van der Waals surface area contributed by atoms with E-state index in [1.807, 2.05) is 32.4 Å². The van der Waals surface area contributed by atoms with Crippen molar-refractivity contribution >= 4 is 23.2 Å². The van der Waals surface area contributed by atoms with E-state index in [1.165, 1.54) is 12.8 Å². The molecule has 0 aromatic heterocycles. The molecule has 2 nitrogen and oxygen atoms in total. The van der Waals surface area contributed by atoms with Gasteiger partial charge in [-0.1, -0.05) is 43.0 Å². The molecular weight excluding hydrogens is 305 g/mol. The van der Waals surface area contributed by atoms with E-state index >= 15 is 0 Å². The highest BCUT2D eigenvalue weighted by Crippen LogP contribution is 2.38. The van der Waals surface area contributed by atoms with Gasteiger partial charge in [-0.3, -0.25) is 0 Å². The Kier molecular flexibility index (Phi) is 5.96. The molecule has 1 aromatic rings. The number of rotatable bonds is 5. The maximum absolute atomic E-state index is 6.33. The molecular formula is C17H25Cl2NO. The van der Waals surface area contributed by atoms with Crippen LogP contribution >= 0.6 is 23.2 Å². The van der Waals surface area contributed by atoms with E-state index in [9.17, 15) is 0 Å². The van der Waals surface area contributed by atoms with Crippen molar-refractivity contribution in [1.29, 1.82) is 0 Å². The molecule has 1 aromatic carbocycles. The molecule has 21 heavy (non-hydrogen) atoms. The molecule has 3 atom stereocenters. The molecule has 3 unspecified atom stereocenters. The molecule has 0 heterocycles. The van der Waals surface area contributed by atoms with Gasteiger partial charge in [0.25, 0.3) is 0 Å². The number of methoxy groups -OCH3 is 1. The normalized spacial score (nSPS) is 27.6. The fraction of sp³-hybridized carbons (Fsp3) is 0.647. The van der Waals surface area contributed by atoms with Gasteiger partial charge >= 0.3 is 0 Å². The Labute approximate surface area is 138 Å². The first-order valence-electron chi connectivity index (χ1n) is 7.67. The van der Waals surface area contributed by atoms with E-state index in [1.54, 1.807) is 0 Å². The second kappa shape index (κ2) is 7.32. The summed E-state index contributed by atoms with van der Waals surface area (Å²) in [7, 11) is 3.84. The molecule has 118 valence electrons. The summed E-state index contributed by atoms with van der Waals surface area (Å²) in [5.41, 5.74) is 0.969. The first kappa shape index (κ1) is 17.1. The summed E-state index contributed by atoms with van der Waals surface area (Å²) in [6.45, 7) is 2.31. The largest absolute Gasteiger partial charge is 0.377 e. The maximum atomic E-state index is 6.33. The fourth-order valence-corrected chi connectivity index (χ4v) is 4.05. The summed E-state index contributed by atoms with van der Waals surface area (Å²) >= 11 is 12.4. The van der Waals surface area contributed by atoms with E-state index in [0.29, 0.717) is 5.92 Å². The van der Waals surface area contributed by atoms with Gasteiger partial charge in [0, 0.05) is 23.2 Å². The molecule has 1 N–H and O–H groups in total. The van der Waals surface area contributed by atoms with Crippen molar-refractivity contribution in [3.8, 4) is 0 Å². The zero-order chi connectivity index (χ0) is 15.5. The van der Waals surface area contributed by atoms with Crippen molar-refractivity contribution in [3.63, 3.8) is 0 Å². The predicted octanol–water partition coefficient (Wildman–Crippen LogP) is 4.72. The summed E-state index contributed by atoms with van der Waals surface area (Å²) in [5, 5.41) is 4.95. The number of likely N-dealkylation sites (N-methyl/N-ethyl adjacent to an activating group) is 1. The average Bonchev–Trinajstić information content (AvgIpc) is 2.48. The standard InChI is InChI=1S/C17H25Cl2NO/c1-12-5-4-8-17(11-12,21-3)16(20-2)10-13-9-14(18)6-7-15(13)19/h6-7,9,12,16,20H,4-5,8,10-11H2,1-3H3. The lowest BCUT2D eigenvalue weighted by molar-refractivity contribution is -0.0775. The number of nitrogens with one attached hydrogen (secondary N) is 1. The molecule has 1 aliphatic carbocycles. The lowest BCUT2D eigenvalue weighted by Gasteiger charge is -2.44. The summed E-state index contributed by atoms with van der Waals surface area (Å²) in [5.74, 6) is 0.699. The van der Waals surface area contributed by atoms with Crippen LogP contribution < -0.4 is 5.32 Å². The quantitative estimate of drug-likeness (QED) is 0.843. The van der Waals surface area contributed by atoms with E-state index in [0.717, 1.165) is 34.9 Å². The minimum absolute atomic E-state index is 0.113. The van der Waals surface area contributed by atoms with Crippen molar-refractivity contribution in [2.75, 3.05) is 14.2 Å². The zero-order valence-electron chi connectivity index (χ0n) is 13.1. The minimum atomic E-state index is -0.113. The number of hydrogen-bond acceptors (Lipinski definition) is 2. The highest BCUT2D eigenvalue weighted by molar-refractivity contribution is 6.33. The highest BCUT2D eigenvalue weighted by Gasteiger charge is 2.41. The van der Waals surface area contributed by atoms with Crippen LogP contribution in [0.15, 0.2) is 18.2 Å². The molecule has 0 aliphatic heterocycles. The van der Waals surface area contributed by atoms with Gasteiger partial charge in [0.05, 0.1) is 5.60 Å². The lowest BCUT2D eigenvalue weighted by Crippen LogP contribution is -2.54. The van der Waals surface area contributed by atoms with Crippen LogP contribution in [-0.2, 0) is 11.2 Å². The van der Waals surface area contributed by atoms with Crippen LogP contribution in [0, 0.1) is 5.92 Å². The molecule has 0 spiro atoms. The second-order valence-corrected chi connectivity index (χ2v) is 7.10. The third kappa shape index (κ3) is 3.92. The van der Waals surface area contributed by atoms with Crippen LogP contribution in [0.3, 0.4) is 0 Å². The third-order valence-electron chi connectivity index (χ3n) is 4.81.